The zero-order valence-corrected chi connectivity index (χ0v) is 17.2. The number of benzene rings is 1. The number of hydrogen-bond acceptors (Lipinski definition) is 3. The summed E-state index contributed by atoms with van der Waals surface area (Å²) < 4.78 is 0. The molecular formula is C23H33N3O2. The molecule has 1 aromatic carbocycles. The number of nitrogens with zero attached hydrogens (tertiary/aromatic N) is 1. The molecule has 0 atom stereocenters. The van der Waals surface area contributed by atoms with Gasteiger partial charge >= 0.3 is 0 Å². The Labute approximate surface area is 168 Å². The van der Waals surface area contributed by atoms with Gasteiger partial charge in [0.2, 0.25) is 11.8 Å². The van der Waals surface area contributed by atoms with Crippen LogP contribution >= 0.6 is 0 Å². The van der Waals surface area contributed by atoms with E-state index in [-0.39, 0.29) is 24.9 Å². The Bertz CT molecular complexity index is 693. The zero-order valence-electron chi connectivity index (χ0n) is 17.2. The van der Waals surface area contributed by atoms with Crippen molar-refractivity contribution in [2.45, 2.75) is 45.4 Å². The smallest absolute Gasteiger partial charge is 0.238 e. The van der Waals surface area contributed by atoms with E-state index < -0.39 is 0 Å². The minimum absolute atomic E-state index is 0.0291. The van der Waals surface area contributed by atoms with Crippen molar-refractivity contribution in [2.75, 3.05) is 32.0 Å². The molecule has 152 valence electrons. The summed E-state index contributed by atoms with van der Waals surface area (Å²) in [6.07, 6.45) is 8.17. The van der Waals surface area contributed by atoms with E-state index in [2.05, 4.69) is 10.6 Å². The van der Waals surface area contributed by atoms with E-state index in [0.29, 0.717) is 5.41 Å². The van der Waals surface area contributed by atoms with Crippen molar-refractivity contribution in [3.8, 4) is 0 Å². The standard InChI is InChI=1S/C23H33N3O2/c1-16-3-5-20(6-4-16)25-22(28)14-26(2)13-21(27)24-15-23-10-17-7-18(11-23)9-19(8-17)12-23/h3-6,17-19H,7-15H2,1-2H3,(H,24,27)(H,25,28). The molecule has 28 heavy (non-hydrogen) atoms. The van der Waals surface area contributed by atoms with Crippen LogP contribution < -0.4 is 10.6 Å². The van der Waals surface area contributed by atoms with E-state index >= 15 is 0 Å². The highest BCUT2D eigenvalue weighted by molar-refractivity contribution is 5.92. The van der Waals surface area contributed by atoms with Crippen molar-refractivity contribution in [2.24, 2.45) is 23.2 Å². The Kier molecular flexibility index (Phi) is 5.46. The van der Waals surface area contributed by atoms with Crippen LogP contribution in [0, 0.1) is 30.1 Å². The summed E-state index contributed by atoms with van der Waals surface area (Å²) in [5, 5.41) is 6.07. The number of hydrogen-bond donors (Lipinski definition) is 2. The first-order chi connectivity index (χ1) is 13.4. The predicted molar refractivity (Wildman–Crippen MR) is 111 cm³/mol. The third-order valence-electron chi connectivity index (χ3n) is 6.99. The summed E-state index contributed by atoms with van der Waals surface area (Å²) in [4.78, 5) is 26.4. The second-order valence-corrected chi connectivity index (χ2v) is 9.78. The van der Waals surface area contributed by atoms with Crippen molar-refractivity contribution in [1.82, 2.24) is 10.2 Å². The average molecular weight is 384 g/mol. The van der Waals surface area contributed by atoms with Crippen molar-refractivity contribution in [1.29, 1.82) is 0 Å². The van der Waals surface area contributed by atoms with Crippen LogP contribution in [0.15, 0.2) is 24.3 Å². The molecule has 0 radical (unpaired) electrons. The molecule has 4 aliphatic carbocycles. The summed E-state index contributed by atoms with van der Waals surface area (Å²) in [6.45, 7) is 3.30. The second kappa shape index (κ2) is 7.86. The maximum absolute atomic E-state index is 12.4. The van der Waals surface area contributed by atoms with Crippen LogP contribution in [0.4, 0.5) is 5.69 Å². The number of carbonyl (C=O) groups is 2. The van der Waals surface area contributed by atoms with Gasteiger partial charge in [0.15, 0.2) is 0 Å². The molecule has 0 unspecified atom stereocenters. The Morgan fingerprint density at radius 2 is 1.50 bits per heavy atom. The fourth-order valence-corrected chi connectivity index (χ4v) is 6.23. The number of rotatable bonds is 7. The maximum Gasteiger partial charge on any atom is 0.238 e. The highest BCUT2D eigenvalue weighted by atomic mass is 16.2. The molecule has 4 fully saturated rings. The van der Waals surface area contributed by atoms with Gasteiger partial charge in [-0.25, -0.2) is 0 Å². The van der Waals surface area contributed by atoms with Crippen molar-refractivity contribution >= 4 is 17.5 Å². The Balaban J connectivity index is 1.20. The van der Waals surface area contributed by atoms with Gasteiger partial charge in [-0.15, -0.1) is 0 Å². The lowest BCUT2D eigenvalue weighted by Gasteiger charge is -2.56. The van der Waals surface area contributed by atoms with Crippen LogP contribution in [-0.4, -0.2) is 43.4 Å². The number of amides is 2. The van der Waals surface area contributed by atoms with Gasteiger partial charge in [-0.1, -0.05) is 17.7 Å². The lowest BCUT2D eigenvalue weighted by Crippen LogP contribution is -2.52. The normalized spacial score (nSPS) is 30.5. The van der Waals surface area contributed by atoms with Gasteiger partial charge < -0.3 is 10.6 Å². The monoisotopic (exact) mass is 383 g/mol. The molecule has 4 saturated carbocycles. The van der Waals surface area contributed by atoms with E-state index in [1.165, 1.54) is 38.5 Å². The van der Waals surface area contributed by atoms with E-state index in [4.69, 9.17) is 0 Å². The van der Waals surface area contributed by atoms with Crippen LogP contribution in [0.2, 0.25) is 0 Å². The molecule has 0 heterocycles. The molecule has 2 N–H and O–H groups in total. The maximum atomic E-state index is 12.4. The fourth-order valence-electron chi connectivity index (χ4n) is 6.23. The largest absolute Gasteiger partial charge is 0.354 e. The van der Waals surface area contributed by atoms with Crippen LogP contribution in [0.5, 0.6) is 0 Å². The topological polar surface area (TPSA) is 61.4 Å². The molecule has 5 nitrogen and oxygen atoms in total. The summed E-state index contributed by atoms with van der Waals surface area (Å²) in [7, 11) is 1.82. The molecule has 4 aliphatic rings. The molecule has 2 amide bonds. The highest BCUT2D eigenvalue weighted by Gasteiger charge is 2.50. The predicted octanol–water partition coefficient (Wildman–Crippen LogP) is 3.20. The quantitative estimate of drug-likeness (QED) is 0.760. The van der Waals surface area contributed by atoms with E-state index in [9.17, 15) is 9.59 Å². The van der Waals surface area contributed by atoms with Crippen LogP contribution in [-0.2, 0) is 9.59 Å². The Morgan fingerprint density at radius 1 is 0.964 bits per heavy atom. The van der Waals surface area contributed by atoms with Crippen molar-refractivity contribution in [3.63, 3.8) is 0 Å². The lowest BCUT2D eigenvalue weighted by molar-refractivity contribution is -0.124. The SMILES string of the molecule is Cc1ccc(NC(=O)CN(C)CC(=O)NCC23CC4CC(CC(C4)C2)C3)cc1. The molecule has 0 aliphatic heterocycles. The third kappa shape index (κ3) is 4.57. The number of anilines is 1. The molecule has 5 heteroatoms. The molecular weight excluding hydrogens is 350 g/mol. The summed E-state index contributed by atoms with van der Waals surface area (Å²) in [5.41, 5.74) is 2.30. The molecule has 1 aromatic rings. The second-order valence-electron chi connectivity index (χ2n) is 9.78. The minimum Gasteiger partial charge on any atom is -0.354 e. The summed E-state index contributed by atoms with van der Waals surface area (Å²) in [6, 6.07) is 7.73. The first kappa shape index (κ1) is 19.4. The zero-order chi connectivity index (χ0) is 19.7. The highest BCUT2D eigenvalue weighted by Crippen LogP contribution is 2.59. The molecule has 0 spiro atoms. The van der Waals surface area contributed by atoms with Crippen LogP contribution in [0.1, 0.15) is 44.1 Å². The number of likely N-dealkylation sites (N-methyl/N-ethyl adjacent to an activating group) is 1. The molecule has 0 saturated heterocycles. The summed E-state index contributed by atoms with van der Waals surface area (Å²) in [5.74, 6) is 2.63. The number of nitrogens with one attached hydrogen (secondary N) is 2. The average Bonchev–Trinajstić information content (AvgIpc) is 2.61. The van der Waals surface area contributed by atoms with Crippen LogP contribution in [0.3, 0.4) is 0 Å². The Hall–Kier alpha value is -1.88. The van der Waals surface area contributed by atoms with Gasteiger partial charge in [-0.2, -0.15) is 0 Å². The minimum atomic E-state index is -0.0970. The van der Waals surface area contributed by atoms with Gasteiger partial charge in [-0.3, -0.25) is 14.5 Å². The third-order valence-corrected chi connectivity index (χ3v) is 6.99. The first-order valence-electron chi connectivity index (χ1n) is 10.7. The Morgan fingerprint density at radius 3 is 2.07 bits per heavy atom. The van der Waals surface area contributed by atoms with Gasteiger partial charge in [-0.05, 0) is 87.8 Å². The molecule has 0 aromatic heterocycles. The summed E-state index contributed by atoms with van der Waals surface area (Å²) >= 11 is 0. The number of carbonyl (C=O) groups excluding carboxylic acids is 2. The molecule has 4 bridgehead atoms. The van der Waals surface area contributed by atoms with E-state index in [1.54, 1.807) is 4.90 Å². The molecule has 5 rings (SSSR count). The van der Waals surface area contributed by atoms with Crippen molar-refractivity contribution < 1.29 is 9.59 Å². The van der Waals surface area contributed by atoms with Crippen LogP contribution in [0.25, 0.3) is 0 Å². The van der Waals surface area contributed by atoms with Gasteiger partial charge in [0.1, 0.15) is 0 Å². The van der Waals surface area contributed by atoms with Gasteiger partial charge in [0.25, 0.3) is 0 Å². The fraction of sp³-hybridized carbons (Fsp3) is 0.652. The van der Waals surface area contributed by atoms with E-state index in [0.717, 1.165) is 35.5 Å². The van der Waals surface area contributed by atoms with Gasteiger partial charge in [0.05, 0.1) is 13.1 Å². The lowest BCUT2D eigenvalue weighted by atomic mass is 9.49. The van der Waals surface area contributed by atoms with Gasteiger partial charge in [0, 0.05) is 12.2 Å². The number of aryl methyl sites for hydroxylation is 1. The van der Waals surface area contributed by atoms with E-state index in [1.807, 2.05) is 38.2 Å². The first-order valence-corrected chi connectivity index (χ1v) is 10.7. The van der Waals surface area contributed by atoms with Crippen molar-refractivity contribution in [3.05, 3.63) is 29.8 Å².